The average Bonchev–Trinajstić information content (AvgIpc) is 2.47. The van der Waals surface area contributed by atoms with Crippen LogP contribution in [0.3, 0.4) is 0 Å². The largest absolute Gasteiger partial charge is 0.253 e. The van der Waals surface area contributed by atoms with Crippen LogP contribution in [-0.2, 0) is 0 Å². The van der Waals surface area contributed by atoms with Gasteiger partial charge in [-0.1, -0.05) is 13.8 Å². The van der Waals surface area contributed by atoms with E-state index in [-0.39, 0.29) is 6.04 Å². The van der Waals surface area contributed by atoms with Crippen LogP contribution in [0.25, 0.3) is 0 Å². The smallest absolute Gasteiger partial charge is 0.198 e. The molecule has 0 aromatic carbocycles. The van der Waals surface area contributed by atoms with E-state index in [0.29, 0.717) is 11.7 Å². The molecule has 0 saturated carbocycles. The number of nitrogens with zero attached hydrogens (tertiary/aromatic N) is 4. The Balaban J connectivity index is 2.42. The Kier molecular flexibility index (Phi) is 1.60. The van der Waals surface area contributed by atoms with Crippen LogP contribution in [0.15, 0.2) is 22.6 Å². The summed E-state index contributed by atoms with van der Waals surface area (Å²) in [6, 6.07) is 0.105. The van der Waals surface area contributed by atoms with Crippen LogP contribution >= 0.6 is 0 Å². The molecule has 12 heavy (non-hydrogen) atoms. The first-order valence-electron chi connectivity index (χ1n) is 4.01. The van der Waals surface area contributed by atoms with Gasteiger partial charge in [-0.05, 0) is 5.92 Å². The van der Waals surface area contributed by atoms with E-state index in [9.17, 15) is 0 Å². The van der Waals surface area contributed by atoms with E-state index in [1.165, 1.54) is 0 Å². The van der Waals surface area contributed by atoms with Crippen molar-refractivity contribution in [1.82, 2.24) is 9.97 Å². The van der Waals surface area contributed by atoms with Gasteiger partial charge in [0.1, 0.15) is 11.7 Å². The van der Waals surface area contributed by atoms with Crippen LogP contribution in [0, 0.1) is 5.92 Å². The van der Waals surface area contributed by atoms with Crippen molar-refractivity contribution in [1.29, 1.82) is 0 Å². The van der Waals surface area contributed by atoms with E-state index in [2.05, 4.69) is 34.0 Å². The maximum Gasteiger partial charge on any atom is 0.198 e. The topological polar surface area (TPSA) is 50.5 Å². The summed E-state index contributed by atoms with van der Waals surface area (Å²) < 4.78 is 0. The van der Waals surface area contributed by atoms with Crippen LogP contribution < -0.4 is 0 Å². The Bertz CT molecular complexity index is 319. The molecule has 0 saturated heterocycles. The second kappa shape index (κ2) is 2.62. The lowest BCUT2D eigenvalue weighted by atomic mass is 10.0. The van der Waals surface area contributed by atoms with Crippen LogP contribution in [0.4, 0.5) is 5.82 Å². The highest BCUT2D eigenvalue weighted by molar-refractivity contribution is 5.37. The summed E-state index contributed by atoms with van der Waals surface area (Å²) in [4.78, 5) is 8.28. The SMILES string of the molecule is CC(C)C1N=Nc2nccnc21. The molecule has 1 aliphatic heterocycles. The van der Waals surface area contributed by atoms with Crippen LogP contribution in [-0.4, -0.2) is 9.97 Å². The predicted octanol–water partition coefficient (Wildman–Crippen LogP) is 2.27. The molecular weight excluding hydrogens is 152 g/mol. The highest BCUT2D eigenvalue weighted by Gasteiger charge is 2.25. The van der Waals surface area contributed by atoms with E-state index < -0.39 is 0 Å². The van der Waals surface area contributed by atoms with E-state index >= 15 is 0 Å². The van der Waals surface area contributed by atoms with Gasteiger partial charge >= 0.3 is 0 Å². The Morgan fingerprint density at radius 1 is 1.25 bits per heavy atom. The molecule has 4 nitrogen and oxygen atoms in total. The number of rotatable bonds is 1. The fraction of sp³-hybridized carbons (Fsp3) is 0.500. The molecule has 62 valence electrons. The number of hydrogen-bond acceptors (Lipinski definition) is 4. The molecule has 0 N–H and O–H groups in total. The van der Waals surface area contributed by atoms with Gasteiger partial charge in [0.15, 0.2) is 5.82 Å². The Labute approximate surface area is 70.8 Å². The summed E-state index contributed by atoms with van der Waals surface area (Å²) in [7, 11) is 0. The quantitative estimate of drug-likeness (QED) is 0.636. The van der Waals surface area contributed by atoms with Gasteiger partial charge in [0, 0.05) is 12.4 Å². The summed E-state index contributed by atoms with van der Waals surface area (Å²) in [5.74, 6) is 1.11. The predicted molar refractivity (Wildman–Crippen MR) is 44.1 cm³/mol. The third-order valence-corrected chi connectivity index (χ3v) is 1.89. The molecule has 2 rings (SSSR count). The standard InChI is InChI=1S/C8H10N4/c1-5(2)6-7-8(12-11-6)10-4-3-9-7/h3-6H,1-2H3. The van der Waals surface area contributed by atoms with Gasteiger partial charge in [-0.25, -0.2) is 4.98 Å². The molecule has 0 radical (unpaired) electrons. The van der Waals surface area contributed by atoms with Gasteiger partial charge < -0.3 is 0 Å². The summed E-state index contributed by atoms with van der Waals surface area (Å²) >= 11 is 0. The first kappa shape index (κ1) is 7.34. The molecule has 0 aliphatic carbocycles. The first-order chi connectivity index (χ1) is 5.79. The highest BCUT2D eigenvalue weighted by Crippen LogP contribution is 2.36. The average molecular weight is 162 g/mol. The normalized spacial score (nSPS) is 20.1. The second-order valence-electron chi connectivity index (χ2n) is 3.17. The third kappa shape index (κ3) is 0.995. The van der Waals surface area contributed by atoms with Gasteiger partial charge in [-0.3, -0.25) is 4.98 Å². The Morgan fingerprint density at radius 3 is 2.75 bits per heavy atom. The zero-order valence-corrected chi connectivity index (χ0v) is 7.10. The lowest BCUT2D eigenvalue weighted by molar-refractivity contribution is 0.505. The van der Waals surface area contributed by atoms with Crippen LogP contribution in [0.1, 0.15) is 25.6 Å². The van der Waals surface area contributed by atoms with Gasteiger partial charge in [0.25, 0.3) is 0 Å². The number of hydrogen-bond donors (Lipinski definition) is 0. The lowest BCUT2D eigenvalue weighted by Gasteiger charge is -2.08. The summed E-state index contributed by atoms with van der Waals surface area (Å²) in [6.07, 6.45) is 3.32. The monoisotopic (exact) mass is 162 g/mol. The zero-order valence-electron chi connectivity index (χ0n) is 7.10. The maximum absolute atomic E-state index is 4.21. The minimum atomic E-state index is 0.105. The Hall–Kier alpha value is -1.32. The van der Waals surface area contributed by atoms with E-state index in [4.69, 9.17) is 0 Å². The van der Waals surface area contributed by atoms with Crippen LogP contribution in [0.2, 0.25) is 0 Å². The molecule has 2 heterocycles. The highest BCUT2D eigenvalue weighted by atomic mass is 15.2. The van der Waals surface area contributed by atoms with E-state index in [1.807, 2.05) is 0 Å². The van der Waals surface area contributed by atoms with Crippen LogP contribution in [0.5, 0.6) is 0 Å². The fourth-order valence-corrected chi connectivity index (χ4v) is 1.25. The molecule has 1 aromatic rings. The lowest BCUT2D eigenvalue weighted by Crippen LogP contribution is -2.02. The summed E-state index contributed by atoms with van der Waals surface area (Å²) in [5.41, 5.74) is 0.910. The molecule has 0 bridgehead atoms. The Morgan fingerprint density at radius 2 is 2.00 bits per heavy atom. The molecule has 4 heteroatoms. The zero-order chi connectivity index (χ0) is 8.55. The van der Waals surface area contributed by atoms with Gasteiger partial charge in [0.05, 0.1) is 0 Å². The van der Waals surface area contributed by atoms with Crippen molar-refractivity contribution in [3.05, 3.63) is 18.1 Å². The minimum Gasteiger partial charge on any atom is -0.253 e. The number of fused-ring (bicyclic) bond motifs is 1. The molecule has 1 atom stereocenters. The molecular formula is C8H10N4. The van der Waals surface area contributed by atoms with Crippen molar-refractivity contribution in [2.45, 2.75) is 19.9 Å². The van der Waals surface area contributed by atoms with Crippen molar-refractivity contribution in [2.75, 3.05) is 0 Å². The van der Waals surface area contributed by atoms with Crippen molar-refractivity contribution in [3.8, 4) is 0 Å². The summed E-state index contributed by atoms with van der Waals surface area (Å²) in [6.45, 7) is 4.21. The summed E-state index contributed by atoms with van der Waals surface area (Å²) in [5, 5.41) is 8.06. The second-order valence-corrected chi connectivity index (χ2v) is 3.17. The number of aromatic nitrogens is 2. The molecule has 1 unspecified atom stereocenters. The third-order valence-electron chi connectivity index (χ3n) is 1.89. The maximum atomic E-state index is 4.21. The first-order valence-corrected chi connectivity index (χ1v) is 4.01. The molecule has 1 aliphatic rings. The minimum absolute atomic E-state index is 0.105. The van der Waals surface area contributed by atoms with E-state index in [1.54, 1.807) is 12.4 Å². The van der Waals surface area contributed by atoms with Gasteiger partial charge in [-0.15, -0.1) is 5.11 Å². The van der Waals surface area contributed by atoms with Gasteiger partial charge in [-0.2, -0.15) is 5.11 Å². The van der Waals surface area contributed by atoms with Crippen molar-refractivity contribution in [2.24, 2.45) is 16.1 Å². The van der Waals surface area contributed by atoms with Crippen molar-refractivity contribution >= 4 is 5.82 Å². The molecule has 0 spiro atoms. The fourth-order valence-electron chi connectivity index (χ4n) is 1.25. The van der Waals surface area contributed by atoms with Crippen molar-refractivity contribution < 1.29 is 0 Å². The molecule has 1 aromatic heterocycles. The number of azo groups is 1. The van der Waals surface area contributed by atoms with E-state index in [0.717, 1.165) is 5.69 Å². The van der Waals surface area contributed by atoms with Gasteiger partial charge in [0.2, 0.25) is 0 Å². The molecule has 0 fully saturated rings. The molecule has 0 amide bonds. The van der Waals surface area contributed by atoms with Crippen molar-refractivity contribution in [3.63, 3.8) is 0 Å².